The van der Waals surface area contributed by atoms with Gasteiger partial charge in [-0.05, 0) is 18.9 Å². The average Bonchev–Trinajstić information content (AvgIpc) is 2.36. The lowest BCUT2D eigenvalue weighted by atomic mass is 9.92. The fourth-order valence-electron chi connectivity index (χ4n) is 1.56. The molecule has 0 heterocycles. The SMILES string of the molecule is CC[C@H](NC(=O)C(C)(N)c1ccccc1)C(=O)O. The molecule has 98 valence electrons. The van der Waals surface area contributed by atoms with Crippen molar-refractivity contribution in [3.63, 3.8) is 0 Å². The zero-order valence-corrected chi connectivity index (χ0v) is 10.5. The van der Waals surface area contributed by atoms with Gasteiger partial charge in [-0.2, -0.15) is 0 Å². The van der Waals surface area contributed by atoms with Crippen LogP contribution in [0.15, 0.2) is 30.3 Å². The molecule has 5 nitrogen and oxygen atoms in total. The first-order valence-corrected chi connectivity index (χ1v) is 5.77. The summed E-state index contributed by atoms with van der Waals surface area (Å²) >= 11 is 0. The molecule has 0 radical (unpaired) electrons. The van der Waals surface area contributed by atoms with Crippen molar-refractivity contribution in [3.05, 3.63) is 35.9 Å². The topological polar surface area (TPSA) is 92.4 Å². The molecule has 0 aliphatic carbocycles. The zero-order valence-electron chi connectivity index (χ0n) is 10.5. The van der Waals surface area contributed by atoms with E-state index in [4.69, 9.17) is 10.8 Å². The van der Waals surface area contributed by atoms with Crippen molar-refractivity contribution in [2.45, 2.75) is 31.8 Å². The highest BCUT2D eigenvalue weighted by Gasteiger charge is 2.32. The van der Waals surface area contributed by atoms with Gasteiger partial charge in [0, 0.05) is 0 Å². The van der Waals surface area contributed by atoms with Crippen LogP contribution in [0.3, 0.4) is 0 Å². The first-order valence-electron chi connectivity index (χ1n) is 5.77. The smallest absolute Gasteiger partial charge is 0.326 e. The number of nitrogens with two attached hydrogens (primary N) is 1. The second-order valence-corrected chi connectivity index (χ2v) is 4.34. The number of amides is 1. The highest BCUT2D eigenvalue weighted by atomic mass is 16.4. The molecule has 0 fully saturated rings. The van der Waals surface area contributed by atoms with E-state index in [9.17, 15) is 9.59 Å². The van der Waals surface area contributed by atoms with E-state index >= 15 is 0 Å². The Bertz CT molecular complexity index is 429. The Balaban J connectivity index is 2.86. The third-order valence-corrected chi connectivity index (χ3v) is 2.86. The van der Waals surface area contributed by atoms with Crippen molar-refractivity contribution < 1.29 is 14.7 Å². The summed E-state index contributed by atoms with van der Waals surface area (Å²) in [5.74, 6) is -1.56. The third-order valence-electron chi connectivity index (χ3n) is 2.86. The minimum absolute atomic E-state index is 0.311. The van der Waals surface area contributed by atoms with E-state index in [1.807, 2.05) is 6.07 Å². The number of nitrogens with one attached hydrogen (secondary N) is 1. The summed E-state index contributed by atoms with van der Waals surface area (Å²) in [5, 5.41) is 11.3. The number of carboxylic acid groups (broad SMARTS) is 1. The van der Waals surface area contributed by atoms with E-state index in [0.717, 1.165) is 0 Å². The Morgan fingerprint density at radius 2 is 1.94 bits per heavy atom. The minimum Gasteiger partial charge on any atom is -0.480 e. The summed E-state index contributed by atoms with van der Waals surface area (Å²) in [6.45, 7) is 3.25. The molecule has 1 amide bonds. The minimum atomic E-state index is -1.25. The van der Waals surface area contributed by atoms with Gasteiger partial charge in [0.2, 0.25) is 5.91 Å². The molecule has 0 aliphatic rings. The van der Waals surface area contributed by atoms with Crippen molar-refractivity contribution in [2.75, 3.05) is 0 Å². The molecule has 1 unspecified atom stereocenters. The molecule has 5 heteroatoms. The van der Waals surface area contributed by atoms with Gasteiger partial charge in [0.05, 0.1) is 0 Å². The van der Waals surface area contributed by atoms with Gasteiger partial charge in [-0.3, -0.25) is 4.79 Å². The lowest BCUT2D eigenvalue weighted by molar-refractivity contribution is -0.142. The molecule has 0 aliphatic heterocycles. The van der Waals surface area contributed by atoms with Crippen LogP contribution in [0.2, 0.25) is 0 Å². The molecular formula is C13H18N2O3. The van der Waals surface area contributed by atoms with Gasteiger partial charge in [0.1, 0.15) is 11.6 Å². The average molecular weight is 250 g/mol. The van der Waals surface area contributed by atoms with Gasteiger partial charge in [-0.25, -0.2) is 4.79 Å². The van der Waals surface area contributed by atoms with Crippen LogP contribution in [0.25, 0.3) is 0 Å². The van der Waals surface area contributed by atoms with Crippen LogP contribution in [0.1, 0.15) is 25.8 Å². The Kier molecular flexibility index (Phi) is 4.44. The number of carboxylic acids is 1. The lowest BCUT2D eigenvalue weighted by Crippen LogP contribution is -2.53. The summed E-state index contributed by atoms with van der Waals surface area (Å²) in [5.41, 5.74) is 5.38. The van der Waals surface area contributed by atoms with E-state index in [1.54, 1.807) is 38.1 Å². The Morgan fingerprint density at radius 1 is 1.39 bits per heavy atom. The molecule has 1 aromatic carbocycles. The third kappa shape index (κ3) is 3.07. The molecule has 1 aromatic rings. The Morgan fingerprint density at radius 3 is 2.39 bits per heavy atom. The van der Waals surface area contributed by atoms with Gasteiger partial charge in [-0.15, -0.1) is 0 Å². The van der Waals surface area contributed by atoms with Gasteiger partial charge < -0.3 is 16.2 Å². The Hall–Kier alpha value is -1.88. The maximum Gasteiger partial charge on any atom is 0.326 e. The quantitative estimate of drug-likeness (QED) is 0.722. The largest absolute Gasteiger partial charge is 0.480 e. The number of carbonyl (C=O) groups excluding carboxylic acids is 1. The molecule has 18 heavy (non-hydrogen) atoms. The van der Waals surface area contributed by atoms with Crippen LogP contribution in [-0.4, -0.2) is 23.0 Å². The molecular weight excluding hydrogens is 232 g/mol. The predicted octanol–water partition coefficient (Wildman–Crippen LogP) is 0.840. The van der Waals surface area contributed by atoms with Crippen LogP contribution >= 0.6 is 0 Å². The molecule has 0 spiro atoms. The molecule has 2 atom stereocenters. The molecule has 4 N–H and O–H groups in total. The van der Waals surface area contributed by atoms with Crippen molar-refractivity contribution >= 4 is 11.9 Å². The number of carbonyl (C=O) groups is 2. The van der Waals surface area contributed by atoms with E-state index in [0.29, 0.717) is 12.0 Å². The van der Waals surface area contributed by atoms with Crippen molar-refractivity contribution in [2.24, 2.45) is 5.73 Å². The fourth-order valence-corrected chi connectivity index (χ4v) is 1.56. The van der Waals surface area contributed by atoms with Gasteiger partial charge in [-0.1, -0.05) is 37.3 Å². The molecule has 0 saturated carbocycles. The summed E-state index contributed by atoms with van der Waals surface area (Å²) in [7, 11) is 0. The van der Waals surface area contributed by atoms with Crippen molar-refractivity contribution in [1.29, 1.82) is 0 Å². The maximum atomic E-state index is 12.0. The summed E-state index contributed by atoms with van der Waals surface area (Å²) < 4.78 is 0. The van der Waals surface area contributed by atoms with E-state index in [-0.39, 0.29) is 0 Å². The van der Waals surface area contributed by atoms with Gasteiger partial charge in [0.25, 0.3) is 0 Å². The molecule has 0 bridgehead atoms. The van der Waals surface area contributed by atoms with E-state index in [1.165, 1.54) is 0 Å². The first-order chi connectivity index (χ1) is 8.39. The highest BCUT2D eigenvalue weighted by Crippen LogP contribution is 2.17. The van der Waals surface area contributed by atoms with Crippen LogP contribution in [0, 0.1) is 0 Å². The summed E-state index contributed by atoms with van der Waals surface area (Å²) in [4.78, 5) is 22.9. The van der Waals surface area contributed by atoms with Crippen LogP contribution < -0.4 is 11.1 Å². The Labute approximate surface area is 106 Å². The van der Waals surface area contributed by atoms with Crippen LogP contribution in [0.5, 0.6) is 0 Å². The summed E-state index contributed by atoms with van der Waals surface area (Å²) in [6, 6.07) is 7.94. The maximum absolute atomic E-state index is 12.0. The molecule has 0 saturated heterocycles. The van der Waals surface area contributed by atoms with Crippen LogP contribution in [0.4, 0.5) is 0 Å². The molecule has 0 aromatic heterocycles. The lowest BCUT2D eigenvalue weighted by Gasteiger charge is -2.26. The van der Waals surface area contributed by atoms with Crippen LogP contribution in [-0.2, 0) is 15.1 Å². The van der Waals surface area contributed by atoms with Gasteiger partial charge >= 0.3 is 5.97 Å². The first kappa shape index (κ1) is 14.2. The standard InChI is InChI=1S/C13H18N2O3/c1-3-10(11(16)17)15-12(18)13(2,14)9-7-5-4-6-8-9/h4-8,10H,3,14H2,1-2H3,(H,15,18)(H,16,17)/t10-,13?/m0/s1. The fraction of sp³-hybridized carbons (Fsp3) is 0.385. The van der Waals surface area contributed by atoms with Gasteiger partial charge in [0.15, 0.2) is 0 Å². The predicted molar refractivity (Wildman–Crippen MR) is 67.8 cm³/mol. The second-order valence-electron chi connectivity index (χ2n) is 4.34. The number of rotatable bonds is 5. The summed E-state index contributed by atoms with van der Waals surface area (Å²) in [6.07, 6.45) is 0.311. The van der Waals surface area contributed by atoms with E-state index < -0.39 is 23.5 Å². The number of benzene rings is 1. The van der Waals surface area contributed by atoms with E-state index in [2.05, 4.69) is 5.32 Å². The monoisotopic (exact) mass is 250 g/mol. The normalized spacial score (nSPS) is 15.5. The number of aliphatic carboxylic acids is 1. The van der Waals surface area contributed by atoms with Crippen molar-refractivity contribution in [1.82, 2.24) is 5.32 Å². The van der Waals surface area contributed by atoms with Crippen molar-refractivity contribution in [3.8, 4) is 0 Å². The highest BCUT2D eigenvalue weighted by molar-refractivity contribution is 5.90. The second kappa shape index (κ2) is 5.64. The number of hydrogen-bond donors (Lipinski definition) is 3. The molecule has 1 rings (SSSR count). The number of hydrogen-bond acceptors (Lipinski definition) is 3. The zero-order chi connectivity index (χ0) is 13.8.